The highest BCUT2D eigenvalue weighted by Crippen LogP contribution is 2.36. The fraction of sp³-hybridized carbons (Fsp3) is 0.485. The highest BCUT2D eigenvalue weighted by Gasteiger charge is 2.28. The van der Waals surface area contributed by atoms with Gasteiger partial charge in [0.05, 0.1) is 24.6 Å². The number of nitrogens with zero attached hydrogens (tertiary/aromatic N) is 4. The molecule has 2 N–H and O–H groups in total. The number of piperidine rings is 1. The fourth-order valence-electron chi connectivity index (χ4n) is 12.3. The van der Waals surface area contributed by atoms with Crippen LogP contribution in [0, 0.1) is 17.5 Å². The van der Waals surface area contributed by atoms with Crippen molar-refractivity contribution in [1.29, 1.82) is 0 Å². The van der Waals surface area contributed by atoms with E-state index >= 15 is 0 Å². The molecule has 0 saturated carbocycles. The maximum Gasteiger partial charge on any atom is 0.347 e. The second-order valence-electron chi connectivity index (χ2n) is 37.3. The fourth-order valence-corrected chi connectivity index (χ4v) is 12.4. The van der Waals surface area contributed by atoms with E-state index in [-0.39, 0.29) is 54.9 Å². The number of aromatic nitrogens is 3. The minimum absolute atomic E-state index is 0.0805. The number of phenols is 1. The Morgan fingerprint density at radius 3 is 1.25 bits per heavy atom. The summed E-state index contributed by atoms with van der Waals surface area (Å²) in [6.45, 7) is 54.5. The third-order valence-electron chi connectivity index (χ3n) is 19.9. The lowest BCUT2D eigenvalue weighted by atomic mass is 9.85. The van der Waals surface area contributed by atoms with Crippen LogP contribution in [0.5, 0.6) is 11.5 Å². The molecule has 0 spiro atoms. The first-order valence-corrected chi connectivity index (χ1v) is 40.4. The Balaban J connectivity index is 0.000000234. The third-order valence-corrected chi connectivity index (χ3v) is 20.1. The summed E-state index contributed by atoms with van der Waals surface area (Å²) in [5.41, 5.74) is 13.0. The standard InChI is InChI=1S/C15H21F2N.C14H21N.C13H18O.C12H15F3O.C12H15N3O.C11H14F2.C10H13Cl.C10H14O/c1-15(2,3)11-7-8-12(14(17)13(11)16)18-9-5-4-6-10-18;1-14(2,3)12-6-8-13(9-7-12)15-10-4-5-11-15;1-13(2,3)12-6-4-10(5-7-12)11-8-14-9-11;1-12(2,3)9-5-4-8(6-10(9)13)16-7-11(14)15;1-12(2,3)9-4-6-10(7-5-9)15-8-13-14-11(15)16;1-8(2)9-4-6-10(7-5-9)11(3,12)13;2*1-10(2,3)8-4-6-9(11)7-5-8/h7-8H,4-6,9-10H2,1-3H3;6-9H,4-5,10-11H2,1-3H3;4-7,11H,8-9H2,1-3H3;4-6,11H,7H2,1-3H3;4-8H,1-3H3,(H,14,16);4-8H,1-3H3;4-7H,1-3H3;4-7,11H,1-3H3. The molecule has 9 aromatic rings. The zero-order chi connectivity index (χ0) is 85.5. The molecule has 3 aliphatic heterocycles. The molecule has 17 heteroatoms. The van der Waals surface area contributed by atoms with Crippen molar-refractivity contribution in [2.75, 3.05) is 55.8 Å². The number of hydrogen-bond donors (Lipinski definition) is 2. The quantitative estimate of drug-likeness (QED) is 0.139. The highest BCUT2D eigenvalue weighted by molar-refractivity contribution is 6.30. The molecule has 1 aromatic heterocycles. The van der Waals surface area contributed by atoms with Crippen LogP contribution in [0.3, 0.4) is 0 Å². The van der Waals surface area contributed by atoms with Crippen molar-refractivity contribution < 1.29 is 45.3 Å². The maximum absolute atomic E-state index is 14.2. The zero-order valence-corrected chi connectivity index (χ0v) is 73.3. The van der Waals surface area contributed by atoms with Crippen molar-refractivity contribution in [2.24, 2.45) is 0 Å². The normalized spacial score (nSPS) is 14.1. The molecule has 3 aliphatic rings. The van der Waals surface area contributed by atoms with Crippen molar-refractivity contribution in [2.45, 2.75) is 260 Å². The Morgan fingerprint density at radius 1 is 0.482 bits per heavy atom. The molecular formula is C97H131ClF7N5O4. The number of rotatable bonds is 9. The van der Waals surface area contributed by atoms with E-state index in [2.05, 4.69) is 180 Å². The van der Waals surface area contributed by atoms with Gasteiger partial charge in [0.25, 0.3) is 12.3 Å². The number of aromatic amines is 1. The van der Waals surface area contributed by atoms with Gasteiger partial charge in [-0.15, -0.1) is 0 Å². The van der Waals surface area contributed by atoms with Crippen LogP contribution >= 0.6 is 11.6 Å². The molecule has 8 aromatic carbocycles. The summed E-state index contributed by atoms with van der Waals surface area (Å²) in [5.74, 6) is -3.04. The number of ether oxygens (including phenoxy) is 2. The Labute approximate surface area is 683 Å². The summed E-state index contributed by atoms with van der Waals surface area (Å²) in [7, 11) is 0. The average Bonchev–Trinajstić information content (AvgIpc) is 0.882. The van der Waals surface area contributed by atoms with Gasteiger partial charge in [0.2, 0.25) is 0 Å². The molecule has 12 rings (SSSR count). The zero-order valence-electron chi connectivity index (χ0n) is 72.5. The summed E-state index contributed by atoms with van der Waals surface area (Å²) in [6.07, 6.45) is 4.92. The van der Waals surface area contributed by atoms with E-state index in [1.54, 1.807) is 42.5 Å². The van der Waals surface area contributed by atoms with Crippen LogP contribution in [-0.4, -0.2) is 72.3 Å². The Bertz CT molecular complexity index is 4300. The molecule has 4 heterocycles. The predicted molar refractivity (Wildman–Crippen MR) is 463 cm³/mol. The number of H-pyrrole nitrogens is 1. The van der Waals surface area contributed by atoms with Gasteiger partial charge >= 0.3 is 5.69 Å². The number of anilines is 2. The molecule has 3 fully saturated rings. The minimum atomic E-state index is -2.73. The van der Waals surface area contributed by atoms with E-state index in [9.17, 15) is 35.5 Å². The molecule has 624 valence electrons. The smallest absolute Gasteiger partial charge is 0.347 e. The maximum atomic E-state index is 14.2. The molecular weight excluding hydrogens is 1470 g/mol. The van der Waals surface area contributed by atoms with Crippen molar-refractivity contribution in [1.82, 2.24) is 14.8 Å². The van der Waals surface area contributed by atoms with Gasteiger partial charge in [-0.25, -0.2) is 45.2 Å². The van der Waals surface area contributed by atoms with Gasteiger partial charge in [0.1, 0.15) is 30.3 Å². The lowest BCUT2D eigenvalue weighted by molar-refractivity contribution is 0.00841. The van der Waals surface area contributed by atoms with Gasteiger partial charge in [0.15, 0.2) is 11.6 Å². The van der Waals surface area contributed by atoms with Gasteiger partial charge in [-0.3, -0.25) is 0 Å². The van der Waals surface area contributed by atoms with Gasteiger partial charge < -0.3 is 24.4 Å². The lowest BCUT2D eigenvalue weighted by Gasteiger charge is -2.30. The monoisotopic (exact) mass is 1600 g/mol. The lowest BCUT2D eigenvalue weighted by Crippen LogP contribution is -2.30. The second-order valence-corrected chi connectivity index (χ2v) is 37.7. The number of phenolic OH excluding ortho intramolecular Hbond substituents is 1. The summed E-state index contributed by atoms with van der Waals surface area (Å²) < 4.78 is 103. The summed E-state index contributed by atoms with van der Waals surface area (Å²) in [4.78, 5) is 15.8. The molecule has 0 aliphatic carbocycles. The molecule has 0 amide bonds. The van der Waals surface area contributed by atoms with E-state index in [1.807, 2.05) is 109 Å². The first kappa shape index (κ1) is 96.2. The van der Waals surface area contributed by atoms with Crippen molar-refractivity contribution in [3.05, 3.63) is 271 Å². The van der Waals surface area contributed by atoms with Crippen LogP contribution in [0.4, 0.5) is 42.1 Å². The van der Waals surface area contributed by atoms with Crippen molar-refractivity contribution in [3.8, 4) is 17.2 Å². The largest absolute Gasteiger partial charge is 0.508 e. The van der Waals surface area contributed by atoms with Crippen molar-refractivity contribution in [3.63, 3.8) is 0 Å². The third kappa shape index (κ3) is 31.7. The van der Waals surface area contributed by atoms with E-state index in [0.29, 0.717) is 34.4 Å². The molecule has 0 bridgehead atoms. The van der Waals surface area contributed by atoms with Crippen molar-refractivity contribution >= 4 is 23.0 Å². The number of hydrogen-bond acceptors (Lipinski definition) is 7. The second kappa shape index (κ2) is 42.0. The van der Waals surface area contributed by atoms with E-state index < -0.39 is 36.4 Å². The Hall–Kier alpha value is -8.34. The van der Waals surface area contributed by atoms with Gasteiger partial charge in [-0.1, -0.05) is 280 Å². The average molecular weight is 1600 g/mol. The molecule has 0 atom stereocenters. The molecule has 114 heavy (non-hydrogen) atoms. The topological polar surface area (TPSA) is 95.9 Å². The molecule has 0 unspecified atom stereocenters. The van der Waals surface area contributed by atoms with Crippen LogP contribution in [0.15, 0.2) is 187 Å². The summed E-state index contributed by atoms with van der Waals surface area (Å²) in [5, 5.41) is 15.9. The number of benzene rings is 8. The predicted octanol–water partition coefficient (Wildman–Crippen LogP) is 26.8. The number of nitrogens with one attached hydrogen (secondary N) is 1. The van der Waals surface area contributed by atoms with Crippen LogP contribution in [0.2, 0.25) is 5.02 Å². The molecule has 0 radical (unpaired) electrons. The van der Waals surface area contributed by atoms with Crippen LogP contribution < -0.4 is 20.2 Å². The summed E-state index contributed by atoms with van der Waals surface area (Å²) in [6, 6.07) is 55.5. The Morgan fingerprint density at radius 2 is 0.877 bits per heavy atom. The van der Waals surface area contributed by atoms with Gasteiger partial charge in [-0.05, 0) is 187 Å². The molecule has 3 saturated heterocycles. The molecule has 9 nitrogen and oxygen atoms in total. The summed E-state index contributed by atoms with van der Waals surface area (Å²) >= 11 is 5.76. The number of halogens is 8. The van der Waals surface area contributed by atoms with Crippen LogP contribution in [-0.2, 0) is 48.6 Å². The van der Waals surface area contributed by atoms with E-state index in [4.69, 9.17) is 26.2 Å². The van der Waals surface area contributed by atoms with Crippen LogP contribution in [0.1, 0.15) is 266 Å². The first-order valence-electron chi connectivity index (χ1n) is 40.0. The SMILES string of the molecule is CC(C)(C)c1ccc(-n2cn[nH]c2=O)cc1.CC(C)(C)c1ccc(C2COC2)cc1.CC(C)(C)c1ccc(Cl)cc1.CC(C)(C)c1ccc(N2CCCC2)cc1.CC(C)(C)c1ccc(N2CCCCC2)c(F)c1F.CC(C)(C)c1ccc(O)cc1.CC(C)(C)c1ccc(OCC(F)F)cc1F.CC(C)c1ccc(C(C)(F)F)cc1. The minimum Gasteiger partial charge on any atom is -0.508 e. The Kier molecular flexibility index (Phi) is 35.4. The van der Waals surface area contributed by atoms with Gasteiger partial charge in [-0.2, -0.15) is 5.10 Å². The van der Waals surface area contributed by atoms with E-state index in [1.165, 1.54) is 101 Å². The van der Waals surface area contributed by atoms with Crippen LogP contribution in [0.25, 0.3) is 5.69 Å². The number of aromatic hydroxyl groups is 1. The number of alkyl halides is 4. The van der Waals surface area contributed by atoms with Gasteiger partial charge in [0, 0.05) is 61.4 Å². The highest BCUT2D eigenvalue weighted by atomic mass is 35.5. The first-order chi connectivity index (χ1) is 52.7. The van der Waals surface area contributed by atoms with E-state index in [0.717, 1.165) is 68.4 Å².